The van der Waals surface area contributed by atoms with Crippen LogP contribution in [0.5, 0.6) is 0 Å². The number of benzene rings is 2. The molecule has 0 atom stereocenters. The van der Waals surface area contributed by atoms with Gasteiger partial charge in [0, 0.05) is 5.56 Å². The van der Waals surface area contributed by atoms with Gasteiger partial charge in [-0.05, 0) is 46.3 Å². The zero-order valence-electron chi connectivity index (χ0n) is 8.88. The van der Waals surface area contributed by atoms with Gasteiger partial charge in [0.2, 0.25) is 0 Å². The summed E-state index contributed by atoms with van der Waals surface area (Å²) in [5.41, 5.74) is 0.282. The summed E-state index contributed by atoms with van der Waals surface area (Å²) in [6.07, 6.45) is 0. The Balaban J connectivity index is 2.48. The van der Waals surface area contributed by atoms with Gasteiger partial charge in [-0.25, -0.2) is 4.39 Å². The molecule has 0 amide bonds. The summed E-state index contributed by atoms with van der Waals surface area (Å²) in [5, 5.41) is 0.612. The highest BCUT2D eigenvalue weighted by Crippen LogP contribution is 2.26. The molecule has 0 spiro atoms. The first-order chi connectivity index (χ1) is 8.50. The van der Waals surface area contributed by atoms with Gasteiger partial charge in [0.05, 0.1) is 20.1 Å². The summed E-state index contributed by atoms with van der Waals surface area (Å²) in [7, 11) is 0. The Bertz CT molecular complexity index is 628. The highest BCUT2D eigenvalue weighted by atomic mass is 79.9. The van der Waals surface area contributed by atoms with Crippen molar-refractivity contribution in [2.24, 2.45) is 0 Å². The van der Waals surface area contributed by atoms with E-state index in [4.69, 9.17) is 23.2 Å². The van der Waals surface area contributed by atoms with Gasteiger partial charge in [0.1, 0.15) is 5.82 Å². The highest BCUT2D eigenvalue weighted by Gasteiger charge is 2.16. The molecule has 0 fully saturated rings. The van der Waals surface area contributed by atoms with E-state index in [0.717, 1.165) is 0 Å². The Morgan fingerprint density at radius 2 is 1.83 bits per heavy atom. The molecular formula is C13H6BrCl2FO. The van der Waals surface area contributed by atoms with Gasteiger partial charge in [-0.15, -0.1) is 0 Å². The van der Waals surface area contributed by atoms with Crippen LogP contribution in [0.15, 0.2) is 40.9 Å². The molecule has 0 aliphatic carbocycles. The molecule has 0 bridgehead atoms. The third-order valence-corrected chi connectivity index (χ3v) is 3.73. The van der Waals surface area contributed by atoms with E-state index >= 15 is 0 Å². The van der Waals surface area contributed by atoms with Crippen molar-refractivity contribution >= 4 is 44.9 Å². The second kappa shape index (κ2) is 5.39. The van der Waals surface area contributed by atoms with Gasteiger partial charge in [-0.1, -0.05) is 29.3 Å². The van der Waals surface area contributed by atoms with Crippen LogP contribution in [0.2, 0.25) is 10.0 Å². The second-order valence-corrected chi connectivity index (χ2v) is 5.23. The fourth-order valence-corrected chi connectivity index (χ4v) is 2.14. The van der Waals surface area contributed by atoms with E-state index in [1.54, 1.807) is 6.07 Å². The number of carbonyl (C=O) groups is 1. The van der Waals surface area contributed by atoms with Crippen LogP contribution in [0.1, 0.15) is 15.9 Å². The molecule has 0 aliphatic heterocycles. The Kier molecular flexibility index (Phi) is 4.05. The highest BCUT2D eigenvalue weighted by molar-refractivity contribution is 9.10. The maximum Gasteiger partial charge on any atom is 0.196 e. The van der Waals surface area contributed by atoms with E-state index in [-0.39, 0.29) is 15.1 Å². The summed E-state index contributed by atoms with van der Waals surface area (Å²) < 4.78 is 14.0. The molecule has 18 heavy (non-hydrogen) atoms. The van der Waals surface area contributed by atoms with Crippen molar-refractivity contribution in [1.29, 1.82) is 0 Å². The first-order valence-corrected chi connectivity index (χ1v) is 6.49. The van der Waals surface area contributed by atoms with Crippen molar-refractivity contribution in [3.05, 3.63) is 67.9 Å². The number of hydrogen-bond donors (Lipinski definition) is 0. The van der Waals surface area contributed by atoms with E-state index in [0.29, 0.717) is 10.6 Å². The van der Waals surface area contributed by atoms with Crippen LogP contribution in [-0.2, 0) is 0 Å². The minimum atomic E-state index is -0.589. The van der Waals surface area contributed by atoms with E-state index in [2.05, 4.69) is 15.9 Å². The lowest BCUT2D eigenvalue weighted by Gasteiger charge is -2.05. The molecule has 0 aromatic heterocycles. The summed E-state index contributed by atoms with van der Waals surface area (Å²) in [6.45, 7) is 0. The zero-order chi connectivity index (χ0) is 13.3. The molecule has 0 aliphatic rings. The van der Waals surface area contributed by atoms with E-state index < -0.39 is 11.6 Å². The number of ketones is 1. The normalized spacial score (nSPS) is 10.4. The first kappa shape index (κ1) is 13.5. The SMILES string of the molecule is O=C(c1ccc(Cl)c(Cl)c1)c1cccc(Br)c1F. The monoisotopic (exact) mass is 346 g/mol. The molecule has 0 N–H and O–H groups in total. The fourth-order valence-electron chi connectivity index (χ4n) is 1.47. The van der Waals surface area contributed by atoms with E-state index in [1.807, 2.05) is 0 Å². The van der Waals surface area contributed by atoms with Crippen LogP contribution < -0.4 is 0 Å². The summed E-state index contributed by atoms with van der Waals surface area (Å²) in [6, 6.07) is 8.99. The molecule has 2 aromatic carbocycles. The van der Waals surface area contributed by atoms with Gasteiger partial charge in [-0.2, -0.15) is 0 Å². The quantitative estimate of drug-likeness (QED) is 0.688. The van der Waals surface area contributed by atoms with Gasteiger partial charge in [0.15, 0.2) is 5.78 Å². The summed E-state index contributed by atoms with van der Waals surface area (Å²) >= 11 is 14.6. The van der Waals surface area contributed by atoms with Gasteiger partial charge in [0.25, 0.3) is 0 Å². The zero-order valence-corrected chi connectivity index (χ0v) is 12.0. The molecule has 0 saturated carbocycles. The van der Waals surface area contributed by atoms with Crippen molar-refractivity contribution in [3.63, 3.8) is 0 Å². The lowest BCUT2D eigenvalue weighted by atomic mass is 10.0. The largest absolute Gasteiger partial charge is 0.288 e. The molecule has 0 radical (unpaired) electrons. The van der Waals surface area contributed by atoms with Gasteiger partial charge >= 0.3 is 0 Å². The van der Waals surface area contributed by atoms with Crippen LogP contribution in [0.25, 0.3) is 0 Å². The minimum absolute atomic E-state index is 0.0113. The first-order valence-electron chi connectivity index (χ1n) is 4.94. The standard InChI is InChI=1S/C13H6BrCl2FO/c14-9-3-1-2-8(12(9)17)13(18)7-4-5-10(15)11(16)6-7/h1-6H. The minimum Gasteiger partial charge on any atom is -0.288 e. The lowest BCUT2D eigenvalue weighted by Crippen LogP contribution is -2.04. The van der Waals surface area contributed by atoms with Gasteiger partial charge in [-0.3, -0.25) is 4.79 Å². The number of hydrogen-bond acceptors (Lipinski definition) is 1. The van der Waals surface area contributed by atoms with Crippen LogP contribution in [0.4, 0.5) is 4.39 Å². The van der Waals surface area contributed by atoms with Crippen molar-refractivity contribution < 1.29 is 9.18 Å². The lowest BCUT2D eigenvalue weighted by molar-refractivity contribution is 0.103. The smallest absolute Gasteiger partial charge is 0.196 e. The molecule has 2 aromatic rings. The Hall–Kier alpha value is -0.900. The molecule has 0 unspecified atom stereocenters. The molecule has 5 heteroatoms. The topological polar surface area (TPSA) is 17.1 Å². The van der Waals surface area contributed by atoms with E-state index in [9.17, 15) is 9.18 Å². The number of carbonyl (C=O) groups excluding carboxylic acids is 1. The molecular weight excluding hydrogens is 342 g/mol. The average Bonchev–Trinajstić information content (AvgIpc) is 2.35. The molecule has 2 rings (SSSR count). The third kappa shape index (κ3) is 2.58. The van der Waals surface area contributed by atoms with Crippen LogP contribution in [-0.4, -0.2) is 5.78 Å². The van der Waals surface area contributed by atoms with Crippen molar-refractivity contribution in [3.8, 4) is 0 Å². The molecule has 0 saturated heterocycles. The predicted molar refractivity (Wildman–Crippen MR) is 74.0 cm³/mol. The van der Waals surface area contributed by atoms with Crippen molar-refractivity contribution in [2.45, 2.75) is 0 Å². The summed E-state index contributed by atoms with van der Waals surface area (Å²) in [4.78, 5) is 12.1. The Labute approximate surface area is 122 Å². The average molecular weight is 348 g/mol. The number of rotatable bonds is 2. The fraction of sp³-hybridized carbons (Fsp3) is 0. The third-order valence-electron chi connectivity index (χ3n) is 2.38. The number of halogens is 4. The van der Waals surface area contributed by atoms with Crippen molar-refractivity contribution in [2.75, 3.05) is 0 Å². The maximum absolute atomic E-state index is 13.8. The van der Waals surface area contributed by atoms with Crippen LogP contribution in [0, 0.1) is 5.82 Å². The Morgan fingerprint density at radius 3 is 2.50 bits per heavy atom. The maximum atomic E-state index is 13.8. The predicted octanol–water partition coefficient (Wildman–Crippen LogP) is 5.13. The van der Waals surface area contributed by atoms with E-state index in [1.165, 1.54) is 30.3 Å². The Morgan fingerprint density at radius 1 is 1.11 bits per heavy atom. The second-order valence-electron chi connectivity index (χ2n) is 3.56. The molecule has 0 heterocycles. The van der Waals surface area contributed by atoms with Gasteiger partial charge < -0.3 is 0 Å². The van der Waals surface area contributed by atoms with Crippen LogP contribution >= 0.6 is 39.1 Å². The molecule has 1 nitrogen and oxygen atoms in total. The van der Waals surface area contributed by atoms with Crippen LogP contribution in [0.3, 0.4) is 0 Å². The van der Waals surface area contributed by atoms with Crippen molar-refractivity contribution in [1.82, 2.24) is 0 Å². The summed E-state index contributed by atoms with van der Waals surface area (Å²) in [5.74, 6) is -1.03. The molecule has 92 valence electrons.